The van der Waals surface area contributed by atoms with E-state index in [4.69, 9.17) is 11.6 Å². The molecule has 1 aromatic carbocycles. The van der Waals surface area contributed by atoms with Gasteiger partial charge in [0.15, 0.2) is 0 Å². The number of benzene rings is 1. The molecule has 0 aliphatic heterocycles. The number of hydrogen-bond acceptors (Lipinski definition) is 4. The molecular formula is C16H13ClN4. The summed E-state index contributed by atoms with van der Waals surface area (Å²) in [6.07, 6.45) is 1.76. The van der Waals surface area contributed by atoms with E-state index in [1.165, 1.54) is 0 Å². The maximum absolute atomic E-state index is 6.00. The van der Waals surface area contributed by atoms with Gasteiger partial charge in [0.05, 0.1) is 17.9 Å². The van der Waals surface area contributed by atoms with Crippen LogP contribution in [0.4, 0.5) is 5.82 Å². The van der Waals surface area contributed by atoms with Crippen molar-refractivity contribution in [3.63, 3.8) is 0 Å². The normalized spacial score (nSPS) is 10.3. The Bertz CT molecular complexity index is 717. The Morgan fingerprint density at radius 3 is 2.52 bits per heavy atom. The van der Waals surface area contributed by atoms with Gasteiger partial charge in [-0.2, -0.15) is 0 Å². The average molecular weight is 297 g/mol. The Labute approximate surface area is 127 Å². The van der Waals surface area contributed by atoms with Gasteiger partial charge >= 0.3 is 0 Å². The quantitative estimate of drug-likeness (QED) is 0.744. The third-order valence-electron chi connectivity index (χ3n) is 2.95. The van der Waals surface area contributed by atoms with Gasteiger partial charge in [0, 0.05) is 17.8 Å². The number of anilines is 1. The van der Waals surface area contributed by atoms with Gasteiger partial charge in [-0.15, -0.1) is 0 Å². The zero-order valence-corrected chi connectivity index (χ0v) is 12.0. The first-order chi connectivity index (χ1) is 10.3. The fourth-order valence-corrected chi connectivity index (χ4v) is 2.13. The predicted molar refractivity (Wildman–Crippen MR) is 84.0 cm³/mol. The van der Waals surface area contributed by atoms with Gasteiger partial charge < -0.3 is 5.32 Å². The third-order valence-corrected chi connectivity index (χ3v) is 3.11. The molecule has 0 bridgehead atoms. The summed E-state index contributed by atoms with van der Waals surface area (Å²) in [4.78, 5) is 12.7. The van der Waals surface area contributed by atoms with E-state index in [9.17, 15) is 0 Å². The highest BCUT2D eigenvalue weighted by atomic mass is 35.5. The summed E-state index contributed by atoms with van der Waals surface area (Å²) in [5.41, 5.74) is 2.73. The highest BCUT2D eigenvalue weighted by molar-refractivity contribution is 6.28. The lowest BCUT2D eigenvalue weighted by Gasteiger charge is -2.07. The van der Waals surface area contributed by atoms with Crippen LogP contribution in [0.15, 0.2) is 60.8 Å². The zero-order valence-electron chi connectivity index (χ0n) is 11.2. The molecule has 0 spiro atoms. The fraction of sp³-hybridized carbons (Fsp3) is 0.0625. The van der Waals surface area contributed by atoms with Crippen LogP contribution in [-0.2, 0) is 6.54 Å². The monoisotopic (exact) mass is 296 g/mol. The molecule has 0 atom stereocenters. The minimum Gasteiger partial charge on any atom is -0.364 e. The van der Waals surface area contributed by atoms with Gasteiger partial charge in [-0.1, -0.05) is 36.4 Å². The molecule has 3 rings (SSSR count). The molecule has 0 aliphatic carbocycles. The van der Waals surface area contributed by atoms with E-state index in [-0.39, 0.29) is 5.28 Å². The number of pyridine rings is 1. The van der Waals surface area contributed by atoms with Crippen LogP contribution >= 0.6 is 11.6 Å². The summed E-state index contributed by atoms with van der Waals surface area (Å²) in [7, 11) is 0. The van der Waals surface area contributed by atoms with Crippen molar-refractivity contribution in [2.24, 2.45) is 0 Å². The van der Waals surface area contributed by atoms with Gasteiger partial charge in [-0.05, 0) is 23.7 Å². The summed E-state index contributed by atoms with van der Waals surface area (Å²) in [5.74, 6) is 0.680. The average Bonchev–Trinajstić information content (AvgIpc) is 2.54. The van der Waals surface area contributed by atoms with Crippen LogP contribution < -0.4 is 5.32 Å². The van der Waals surface area contributed by atoms with Crippen molar-refractivity contribution in [1.29, 1.82) is 0 Å². The molecule has 21 heavy (non-hydrogen) atoms. The second-order valence-corrected chi connectivity index (χ2v) is 4.79. The maximum Gasteiger partial charge on any atom is 0.224 e. The van der Waals surface area contributed by atoms with Crippen molar-refractivity contribution in [3.8, 4) is 11.3 Å². The van der Waals surface area contributed by atoms with E-state index in [2.05, 4.69) is 20.3 Å². The van der Waals surface area contributed by atoms with Crippen molar-refractivity contribution in [1.82, 2.24) is 15.0 Å². The van der Waals surface area contributed by atoms with Crippen molar-refractivity contribution in [2.75, 3.05) is 5.32 Å². The molecule has 104 valence electrons. The molecule has 0 aliphatic rings. The lowest BCUT2D eigenvalue weighted by molar-refractivity contribution is 1.02. The minimum absolute atomic E-state index is 0.222. The van der Waals surface area contributed by atoms with Crippen LogP contribution in [-0.4, -0.2) is 15.0 Å². The molecule has 0 saturated carbocycles. The Morgan fingerprint density at radius 1 is 0.952 bits per heavy atom. The van der Waals surface area contributed by atoms with E-state index in [0.29, 0.717) is 12.4 Å². The fourth-order valence-electron chi connectivity index (χ4n) is 1.95. The number of halogens is 1. The molecule has 2 aromatic heterocycles. The molecular weight excluding hydrogens is 284 g/mol. The number of aromatic nitrogens is 3. The Hall–Kier alpha value is -2.46. The van der Waals surface area contributed by atoms with Crippen LogP contribution in [0, 0.1) is 0 Å². The van der Waals surface area contributed by atoms with Crippen LogP contribution in [0.25, 0.3) is 11.3 Å². The van der Waals surface area contributed by atoms with E-state index in [1.807, 2.05) is 54.6 Å². The molecule has 1 N–H and O–H groups in total. The number of rotatable bonds is 4. The van der Waals surface area contributed by atoms with Crippen LogP contribution in [0.1, 0.15) is 5.69 Å². The molecule has 4 nitrogen and oxygen atoms in total. The predicted octanol–water partition coefficient (Wildman–Crippen LogP) is 3.80. The number of nitrogens with one attached hydrogen (secondary N) is 1. The molecule has 3 aromatic rings. The third kappa shape index (κ3) is 3.55. The minimum atomic E-state index is 0.222. The van der Waals surface area contributed by atoms with Gasteiger partial charge in [-0.25, -0.2) is 9.97 Å². The smallest absolute Gasteiger partial charge is 0.224 e. The highest BCUT2D eigenvalue weighted by Gasteiger charge is 2.05. The van der Waals surface area contributed by atoms with E-state index >= 15 is 0 Å². The maximum atomic E-state index is 6.00. The summed E-state index contributed by atoms with van der Waals surface area (Å²) >= 11 is 6.00. The van der Waals surface area contributed by atoms with Crippen LogP contribution in [0.2, 0.25) is 5.28 Å². The van der Waals surface area contributed by atoms with E-state index in [0.717, 1.165) is 17.0 Å². The van der Waals surface area contributed by atoms with Gasteiger partial charge in [-0.3, -0.25) is 4.98 Å². The van der Waals surface area contributed by atoms with Crippen molar-refractivity contribution in [2.45, 2.75) is 6.54 Å². The second-order valence-electron chi connectivity index (χ2n) is 4.45. The van der Waals surface area contributed by atoms with E-state index in [1.54, 1.807) is 6.20 Å². The SMILES string of the molecule is Clc1nc(NCc2ccccn2)cc(-c2ccccc2)n1. The van der Waals surface area contributed by atoms with Crippen molar-refractivity contribution in [3.05, 3.63) is 71.8 Å². The summed E-state index contributed by atoms with van der Waals surface area (Å²) in [6, 6.07) is 17.5. The number of hydrogen-bond donors (Lipinski definition) is 1. The first kappa shape index (κ1) is 13.5. The van der Waals surface area contributed by atoms with Gasteiger partial charge in [0.25, 0.3) is 0 Å². The molecule has 0 fully saturated rings. The lowest BCUT2D eigenvalue weighted by Crippen LogP contribution is -2.04. The number of nitrogens with zero attached hydrogens (tertiary/aromatic N) is 3. The van der Waals surface area contributed by atoms with Crippen molar-refractivity contribution >= 4 is 17.4 Å². The topological polar surface area (TPSA) is 50.7 Å². The standard InChI is InChI=1S/C16H13ClN4/c17-16-20-14(12-6-2-1-3-7-12)10-15(21-16)19-11-13-8-4-5-9-18-13/h1-10H,11H2,(H,19,20,21). The largest absolute Gasteiger partial charge is 0.364 e. The second kappa shape index (κ2) is 6.33. The van der Waals surface area contributed by atoms with Crippen molar-refractivity contribution < 1.29 is 0 Å². The molecule has 0 saturated heterocycles. The van der Waals surface area contributed by atoms with Gasteiger partial charge in [0.2, 0.25) is 5.28 Å². The first-order valence-electron chi connectivity index (χ1n) is 6.55. The summed E-state index contributed by atoms with van der Waals surface area (Å²) in [6.45, 7) is 0.586. The summed E-state index contributed by atoms with van der Waals surface area (Å²) < 4.78 is 0. The summed E-state index contributed by atoms with van der Waals surface area (Å²) in [5, 5.41) is 3.44. The Kier molecular flexibility index (Phi) is 4.07. The molecule has 0 unspecified atom stereocenters. The molecule has 2 heterocycles. The molecule has 0 amide bonds. The molecule has 0 radical (unpaired) electrons. The van der Waals surface area contributed by atoms with Gasteiger partial charge in [0.1, 0.15) is 5.82 Å². The van der Waals surface area contributed by atoms with Crippen LogP contribution in [0.3, 0.4) is 0 Å². The lowest BCUT2D eigenvalue weighted by atomic mass is 10.1. The zero-order chi connectivity index (χ0) is 14.5. The Morgan fingerprint density at radius 2 is 1.76 bits per heavy atom. The van der Waals surface area contributed by atoms with Crippen LogP contribution in [0.5, 0.6) is 0 Å². The Balaban J connectivity index is 1.82. The van der Waals surface area contributed by atoms with E-state index < -0.39 is 0 Å². The highest BCUT2D eigenvalue weighted by Crippen LogP contribution is 2.21. The first-order valence-corrected chi connectivity index (χ1v) is 6.93. The molecule has 5 heteroatoms.